The Morgan fingerprint density at radius 3 is 2.53 bits per heavy atom. The van der Waals surface area contributed by atoms with E-state index in [2.05, 4.69) is 0 Å². The number of hydrogen-bond acceptors (Lipinski definition) is 2. The molecule has 0 bridgehead atoms. The van der Waals surface area contributed by atoms with Crippen molar-refractivity contribution in [2.75, 3.05) is 0 Å². The number of nitrogens with two attached hydrogens (primary N) is 1. The molecule has 0 saturated heterocycles. The zero-order valence-corrected chi connectivity index (χ0v) is 8.68. The molecule has 1 aromatic rings. The van der Waals surface area contributed by atoms with Gasteiger partial charge < -0.3 is 5.73 Å². The summed E-state index contributed by atoms with van der Waals surface area (Å²) in [4.78, 5) is 11.5. The first-order chi connectivity index (χ1) is 6.80. The smallest absolute Gasteiger partial charge is 0.156 e. The summed E-state index contributed by atoms with van der Waals surface area (Å²) < 4.78 is 25.9. The van der Waals surface area contributed by atoms with E-state index in [-0.39, 0.29) is 17.8 Å². The number of halogens is 2. The maximum Gasteiger partial charge on any atom is 0.156 e. The van der Waals surface area contributed by atoms with Crippen molar-refractivity contribution in [3.05, 3.63) is 35.4 Å². The van der Waals surface area contributed by atoms with Crippen LogP contribution in [0.1, 0.15) is 19.4 Å². The number of hydrogen-bond donors (Lipinski definition) is 1. The third-order valence-electron chi connectivity index (χ3n) is 2.08. The van der Waals surface area contributed by atoms with Crippen molar-refractivity contribution in [3.8, 4) is 0 Å². The Morgan fingerprint density at radius 2 is 2.00 bits per heavy atom. The van der Waals surface area contributed by atoms with Gasteiger partial charge in [-0.1, -0.05) is 0 Å². The van der Waals surface area contributed by atoms with Crippen LogP contribution >= 0.6 is 0 Å². The van der Waals surface area contributed by atoms with Crippen molar-refractivity contribution in [2.45, 2.75) is 25.8 Å². The van der Waals surface area contributed by atoms with E-state index in [0.29, 0.717) is 0 Å². The molecule has 1 rings (SSSR count). The molecule has 2 N–H and O–H groups in total. The van der Waals surface area contributed by atoms with E-state index in [0.717, 1.165) is 18.2 Å². The molecule has 0 spiro atoms. The van der Waals surface area contributed by atoms with Crippen LogP contribution in [0.2, 0.25) is 0 Å². The first kappa shape index (κ1) is 11.8. The lowest BCUT2D eigenvalue weighted by Crippen LogP contribution is -2.42. The molecule has 82 valence electrons. The van der Waals surface area contributed by atoms with Gasteiger partial charge in [-0.05, 0) is 37.6 Å². The first-order valence-electron chi connectivity index (χ1n) is 4.57. The minimum atomic E-state index is -1.03. The molecule has 0 aliphatic carbocycles. The molecule has 2 nitrogen and oxygen atoms in total. The fourth-order valence-corrected chi connectivity index (χ4v) is 1.08. The van der Waals surface area contributed by atoms with Gasteiger partial charge in [0.25, 0.3) is 0 Å². The average Bonchev–Trinajstić information content (AvgIpc) is 2.09. The normalized spacial score (nSPS) is 11.5. The van der Waals surface area contributed by atoms with Crippen LogP contribution in [0.4, 0.5) is 8.78 Å². The molecule has 0 aliphatic rings. The molecule has 15 heavy (non-hydrogen) atoms. The molecule has 0 aliphatic heterocycles. The maximum absolute atomic E-state index is 13.2. The molecule has 0 amide bonds. The van der Waals surface area contributed by atoms with E-state index < -0.39 is 17.2 Å². The monoisotopic (exact) mass is 213 g/mol. The topological polar surface area (TPSA) is 43.1 Å². The van der Waals surface area contributed by atoms with Gasteiger partial charge in [-0.15, -0.1) is 0 Å². The van der Waals surface area contributed by atoms with E-state index in [9.17, 15) is 13.6 Å². The highest BCUT2D eigenvalue weighted by Crippen LogP contribution is 2.13. The Balaban J connectivity index is 2.90. The van der Waals surface area contributed by atoms with Crippen molar-refractivity contribution in [1.82, 2.24) is 0 Å². The van der Waals surface area contributed by atoms with E-state index in [1.807, 2.05) is 0 Å². The van der Waals surface area contributed by atoms with Crippen LogP contribution in [0.25, 0.3) is 0 Å². The quantitative estimate of drug-likeness (QED) is 0.832. The van der Waals surface area contributed by atoms with Crippen molar-refractivity contribution < 1.29 is 13.6 Å². The minimum Gasteiger partial charge on any atom is -0.319 e. The fraction of sp³-hybridized carbons (Fsp3) is 0.364. The van der Waals surface area contributed by atoms with Gasteiger partial charge in [0, 0.05) is 6.42 Å². The van der Waals surface area contributed by atoms with Gasteiger partial charge in [-0.25, -0.2) is 8.78 Å². The Labute approximate surface area is 87.1 Å². The highest BCUT2D eigenvalue weighted by molar-refractivity contribution is 5.89. The van der Waals surface area contributed by atoms with Crippen molar-refractivity contribution >= 4 is 5.78 Å². The zero-order chi connectivity index (χ0) is 11.6. The summed E-state index contributed by atoms with van der Waals surface area (Å²) in [7, 11) is 0. The number of carbonyl (C=O) groups excluding carboxylic acids is 1. The summed E-state index contributed by atoms with van der Waals surface area (Å²) in [5.74, 6) is -1.48. The molecule has 4 heteroatoms. The molecular weight excluding hydrogens is 200 g/mol. The van der Waals surface area contributed by atoms with Gasteiger partial charge in [0.15, 0.2) is 5.78 Å². The van der Waals surface area contributed by atoms with Gasteiger partial charge in [0.2, 0.25) is 0 Å². The van der Waals surface area contributed by atoms with Crippen molar-refractivity contribution in [2.24, 2.45) is 5.73 Å². The predicted octanol–water partition coefficient (Wildman–Crippen LogP) is 1.81. The summed E-state index contributed by atoms with van der Waals surface area (Å²) in [6.45, 7) is 3.07. The van der Waals surface area contributed by atoms with Crippen LogP contribution in [-0.4, -0.2) is 11.3 Å². The first-order valence-corrected chi connectivity index (χ1v) is 4.57. The third-order valence-corrected chi connectivity index (χ3v) is 2.08. The van der Waals surface area contributed by atoms with Crippen LogP contribution in [0.5, 0.6) is 0 Å². The van der Waals surface area contributed by atoms with E-state index in [1.54, 1.807) is 0 Å². The molecule has 0 saturated carbocycles. The van der Waals surface area contributed by atoms with Crippen LogP contribution < -0.4 is 5.73 Å². The molecule has 0 radical (unpaired) electrons. The van der Waals surface area contributed by atoms with Gasteiger partial charge in [0.1, 0.15) is 11.6 Å². The molecule has 0 atom stereocenters. The van der Waals surface area contributed by atoms with Crippen LogP contribution in [0, 0.1) is 11.6 Å². The summed E-state index contributed by atoms with van der Waals surface area (Å²) in [5, 5.41) is 0. The largest absolute Gasteiger partial charge is 0.319 e. The second-order valence-corrected chi connectivity index (χ2v) is 4.06. The highest BCUT2D eigenvalue weighted by Gasteiger charge is 2.22. The lowest BCUT2D eigenvalue weighted by Gasteiger charge is -2.16. The summed E-state index contributed by atoms with van der Waals surface area (Å²) in [6.07, 6.45) is -0.187. The van der Waals surface area contributed by atoms with Crippen LogP contribution in [0.15, 0.2) is 18.2 Å². The van der Waals surface area contributed by atoms with Crippen LogP contribution in [0.3, 0.4) is 0 Å². The van der Waals surface area contributed by atoms with Crippen molar-refractivity contribution in [3.63, 3.8) is 0 Å². The van der Waals surface area contributed by atoms with Gasteiger partial charge in [-0.3, -0.25) is 4.79 Å². The minimum absolute atomic E-state index is 0.0403. The average molecular weight is 213 g/mol. The van der Waals surface area contributed by atoms with Crippen molar-refractivity contribution in [1.29, 1.82) is 0 Å². The Hall–Kier alpha value is -1.29. The van der Waals surface area contributed by atoms with Gasteiger partial charge in [-0.2, -0.15) is 0 Å². The molecule has 0 aromatic heterocycles. The molecule has 0 fully saturated rings. The third kappa shape index (κ3) is 3.09. The summed E-state index contributed by atoms with van der Waals surface area (Å²) in [6, 6.07) is 3.03. The number of Topliss-reactive ketones (excluding diaryl/α,β-unsaturated/α-hetero) is 1. The number of carbonyl (C=O) groups is 1. The number of ketones is 1. The number of rotatable bonds is 3. The predicted molar refractivity (Wildman–Crippen MR) is 53.3 cm³/mol. The van der Waals surface area contributed by atoms with E-state index in [4.69, 9.17) is 5.73 Å². The SMILES string of the molecule is CC(C)(N)C(=O)Cc1cc(F)ccc1F. The summed E-state index contributed by atoms with van der Waals surface area (Å²) in [5.41, 5.74) is 4.56. The lowest BCUT2D eigenvalue weighted by atomic mass is 9.94. The van der Waals surface area contributed by atoms with Gasteiger partial charge >= 0.3 is 0 Å². The Bertz CT molecular complexity index is 383. The van der Waals surface area contributed by atoms with Gasteiger partial charge in [0.05, 0.1) is 5.54 Å². The Morgan fingerprint density at radius 1 is 1.40 bits per heavy atom. The van der Waals surface area contributed by atoms with E-state index in [1.165, 1.54) is 13.8 Å². The Kier molecular flexibility index (Phi) is 3.19. The molecule has 0 heterocycles. The lowest BCUT2D eigenvalue weighted by molar-refractivity contribution is -0.122. The standard InChI is InChI=1S/C11H13F2NO/c1-11(2,14)10(15)6-7-5-8(12)3-4-9(7)13/h3-5H,6,14H2,1-2H3. The van der Waals surface area contributed by atoms with Crippen LogP contribution in [-0.2, 0) is 11.2 Å². The number of benzene rings is 1. The molecule has 0 unspecified atom stereocenters. The summed E-state index contributed by atoms with van der Waals surface area (Å²) >= 11 is 0. The molecule has 1 aromatic carbocycles. The highest BCUT2D eigenvalue weighted by atomic mass is 19.1. The fourth-order valence-electron chi connectivity index (χ4n) is 1.08. The second kappa shape index (κ2) is 4.06. The molecular formula is C11H13F2NO. The maximum atomic E-state index is 13.2. The zero-order valence-electron chi connectivity index (χ0n) is 8.68. The van der Waals surface area contributed by atoms with E-state index >= 15 is 0 Å². The second-order valence-electron chi connectivity index (χ2n) is 4.06.